The van der Waals surface area contributed by atoms with E-state index in [9.17, 15) is 4.79 Å². The van der Waals surface area contributed by atoms with Crippen molar-refractivity contribution in [2.24, 2.45) is 5.73 Å². The molecule has 1 amide bonds. The van der Waals surface area contributed by atoms with Gasteiger partial charge in [0.15, 0.2) is 11.4 Å². The van der Waals surface area contributed by atoms with E-state index in [1.807, 2.05) is 23.6 Å². The van der Waals surface area contributed by atoms with Gasteiger partial charge >= 0.3 is 0 Å². The molecule has 1 saturated heterocycles. The number of hydrogen-bond donors (Lipinski definition) is 3. The third-order valence-electron chi connectivity index (χ3n) is 7.67. The van der Waals surface area contributed by atoms with Crippen LogP contribution in [0.3, 0.4) is 0 Å². The number of pyridine rings is 1. The van der Waals surface area contributed by atoms with Crippen molar-refractivity contribution in [3.8, 4) is 11.3 Å². The number of anilines is 2. The van der Waals surface area contributed by atoms with E-state index in [-0.39, 0.29) is 6.04 Å². The number of rotatable bonds is 7. The Balaban J connectivity index is 1.11. The van der Waals surface area contributed by atoms with E-state index < -0.39 is 5.91 Å². The second-order valence-corrected chi connectivity index (χ2v) is 10.4. The number of aryl methyl sites for hydroxylation is 1. The van der Waals surface area contributed by atoms with E-state index in [0.717, 1.165) is 55.8 Å². The number of carbonyl (C=O) groups excluding carboxylic acids is 1. The molecule has 1 saturated carbocycles. The smallest absolute Gasteiger partial charge is 0.295 e. The lowest BCUT2D eigenvalue weighted by molar-refractivity contribution is 0.100. The number of hydrogen-bond acceptors (Lipinski definition) is 8. The summed E-state index contributed by atoms with van der Waals surface area (Å²) < 4.78 is 7.91. The molecule has 38 heavy (non-hydrogen) atoms. The van der Waals surface area contributed by atoms with Gasteiger partial charge in [-0.1, -0.05) is 25.0 Å². The summed E-state index contributed by atoms with van der Waals surface area (Å²) in [6.07, 6.45) is 10.7. The molecule has 0 radical (unpaired) electrons. The van der Waals surface area contributed by atoms with Crippen molar-refractivity contribution in [3.63, 3.8) is 0 Å². The van der Waals surface area contributed by atoms with Crippen LogP contribution in [-0.2, 0) is 0 Å². The number of nitrogens with one attached hydrogen (secondary N) is 2. The van der Waals surface area contributed by atoms with Gasteiger partial charge in [-0.2, -0.15) is 5.10 Å². The highest BCUT2D eigenvalue weighted by atomic mass is 16.4. The van der Waals surface area contributed by atoms with Gasteiger partial charge in [-0.25, -0.2) is 14.5 Å². The largest absolute Gasteiger partial charge is 0.424 e. The van der Waals surface area contributed by atoms with Crippen LogP contribution in [0.5, 0.6) is 0 Å². The SMILES string of the molecule is Cc1nc2ccc(N3CCC[C@H](N[C@@H]4CCCCC4Nc4ncc(-c5cccc(C(N)=O)c5)o4)C3)cn2n1. The van der Waals surface area contributed by atoms with Crippen molar-refractivity contribution in [2.45, 2.75) is 63.6 Å². The number of carbonyl (C=O) groups is 1. The lowest BCUT2D eigenvalue weighted by atomic mass is 9.89. The molecule has 4 heterocycles. The Bertz CT molecular complexity index is 1430. The van der Waals surface area contributed by atoms with Crippen molar-refractivity contribution >= 4 is 23.3 Å². The Morgan fingerprint density at radius 1 is 1.11 bits per heavy atom. The Hall–Kier alpha value is -3.92. The summed E-state index contributed by atoms with van der Waals surface area (Å²) in [5.41, 5.74) is 8.72. The topological polar surface area (TPSA) is 127 Å². The van der Waals surface area contributed by atoms with E-state index in [4.69, 9.17) is 10.2 Å². The Kier molecular flexibility index (Phi) is 6.71. The molecule has 3 aromatic heterocycles. The van der Waals surface area contributed by atoms with Crippen LogP contribution in [0.25, 0.3) is 17.0 Å². The number of primary amides is 1. The average molecular weight is 515 g/mol. The fraction of sp³-hybridized carbons (Fsp3) is 0.429. The van der Waals surface area contributed by atoms with Gasteiger partial charge in [-0.05, 0) is 56.9 Å². The zero-order chi connectivity index (χ0) is 26.1. The van der Waals surface area contributed by atoms with Crippen LogP contribution < -0.4 is 21.3 Å². The maximum atomic E-state index is 11.6. The molecule has 0 bridgehead atoms. The maximum absolute atomic E-state index is 11.6. The zero-order valence-corrected chi connectivity index (χ0v) is 21.6. The molecule has 4 aromatic rings. The standard InChI is InChI=1S/C28H34N8O2/c1-18-31-26-12-11-22(17-36(26)34-18)35-13-5-8-21(16-35)32-23-9-2-3-10-24(23)33-28-30-15-25(38-28)19-6-4-7-20(14-19)27(29)37/h4,6-7,11-12,14-15,17,21,23-24,32H,2-3,5,8-10,13,16H2,1H3,(H2,29,37)(H,30,33)/t21-,23+,24?/m0/s1. The van der Waals surface area contributed by atoms with Crippen LogP contribution in [-0.4, -0.2) is 56.7 Å². The summed E-state index contributed by atoms with van der Waals surface area (Å²) in [5.74, 6) is 0.933. The van der Waals surface area contributed by atoms with Crippen LogP contribution in [0.15, 0.2) is 53.2 Å². The van der Waals surface area contributed by atoms with Gasteiger partial charge < -0.3 is 25.7 Å². The lowest BCUT2D eigenvalue weighted by Crippen LogP contribution is -2.54. The number of aromatic nitrogens is 4. The summed E-state index contributed by atoms with van der Waals surface area (Å²) >= 11 is 0. The van der Waals surface area contributed by atoms with E-state index in [0.29, 0.717) is 29.4 Å². The molecule has 1 unspecified atom stereocenters. The van der Waals surface area contributed by atoms with Crippen molar-refractivity contribution in [1.82, 2.24) is 24.9 Å². The van der Waals surface area contributed by atoms with Gasteiger partial charge in [0, 0.05) is 42.3 Å². The second kappa shape index (κ2) is 10.4. The molecule has 1 aromatic carbocycles. The Morgan fingerprint density at radius 2 is 1.97 bits per heavy atom. The molecule has 4 N–H and O–H groups in total. The molecule has 1 aliphatic carbocycles. The summed E-state index contributed by atoms with van der Waals surface area (Å²) in [7, 11) is 0. The molecular formula is C28H34N8O2. The molecule has 10 nitrogen and oxygen atoms in total. The normalized spacial score (nSPS) is 22.0. The number of oxazole rings is 1. The first-order chi connectivity index (χ1) is 18.5. The molecular weight excluding hydrogens is 480 g/mol. The number of fused-ring (bicyclic) bond motifs is 1. The van der Waals surface area contributed by atoms with Crippen LogP contribution >= 0.6 is 0 Å². The molecule has 2 aliphatic rings. The number of amides is 1. The van der Waals surface area contributed by atoms with E-state index >= 15 is 0 Å². The number of nitrogens with zero attached hydrogens (tertiary/aromatic N) is 5. The summed E-state index contributed by atoms with van der Waals surface area (Å²) in [5, 5.41) is 12.0. The fourth-order valence-corrected chi connectivity index (χ4v) is 5.78. The van der Waals surface area contributed by atoms with E-state index in [1.54, 1.807) is 24.4 Å². The minimum atomic E-state index is -0.462. The highest BCUT2D eigenvalue weighted by Gasteiger charge is 2.30. The highest BCUT2D eigenvalue weighted by Crippen LogP contribution is 2.28. The van der Waals surface area contributed by atoms with Gasteiger partial charge in [-0.15, -0.1) is 0 Å². The predicted octanol–water partition coefficient (Wildman–Crippen LogP) is 3.77. The first-order valence-electron chi connectivity index (χ1n) is 13.5. The minimum absolute atomic E-state index is 0.233. The average Bonchev–Trinajstić information content (AvgIpc) is 3.55. The predicted molar refractivity (Wildman–Crippen MR) is 146 cm³/mol. The van der Waals surface area contributed by atoms with Crippen LogP contribution in [0.2, 0.25) is 0 Å². The first-order valence-corrected chi connectivity index (χ1v) is 13.5. The lowest BCUT2D eigenvalue weighted by Gasteiger charge is -2.40. The molecule has 3 atom stereocenters. The third kappa shape index (κ3) is 5.22. The number of nitrogens with two attached hydrogens (primary N) is 1. The zero-order valence-electron chi connectivity index (χ0n) is 21.6. The van der Waals surface area contributed by atoms with Gasteiger partial charge in [-0.3, -0.25) is 4.79 Å². The molecule has 1 aliphatic heterocycles. The van der Waals surface area contributed by atoms with Crippen molar-refractivity contribution in [2.75, 3.05) is 23.3 Å². The molecule has 6 rings (SSSR count). The van der Waals surface area contributed by atoms with Crippen LogP contribution in [0, 0.1) is 6.92 Å². The van der Waals surface area contributed by atoms with Crippen molar-refractivity contribution < 1.29 is 9.21 Å². The van der Waals surface area contributed by atoms with Crippen LogP contribution in [0.4, 0.5) is 11.7 Å². The first kappa shape index (κ1) is 24.4. The van der Waals surface area contributed by atoms with Crippen molar-refractivity contribution in [1.29, 1.82) is 0 Å². The summed E-state index contributed by atoms with van der Waals surface area (Å²) in [4.78, 5) is 22.9. The Morgan fingerprint density at radius 3 is 2.84 bits per heavy atom. The molecule has 0 spiro atoms. The van der Waals surface area contributed by atoms with Gasteiger partial charge in [0.1, 0.15) is 5.82 Å². The number of piperidine rings is 1. The number of benzene rings is 1. The van der Waals surface area contributed by atoms with Crippen LogP contribution in [0.1, 0.15) is 54.7 Å². The second-order valence-electron chi connectivity index (χ2n) is 10.4. The van der Waals surface area contributed by atoms with E-state index in [1.165, 1.54) is 18.5 Å². The minimum Gasteiger partial charge on any atom is -0.424 e. The van der Waals surface area contributed by atoms with Gasteiger partial charge in [0.2, 0.25) is 5.91 Å². The Labute approximate surface area is 221 Å². The van der Waals surface area contributed by atoms with Gasteiger partial charge in [0.25, 0.3) is 6.01 Å². The van der Waals surface area contributed by atoms with Crippen molar-refractivity contribution in [3.05, 3.63) is 60.2 Å². The summed E-state index contributed by atoms with van der Waals surface area (Å²) in [6.45, 7) is 3.92. The maximum Gasteiger partial charge on any atom is 0.295 e. The van der Waals surface area contributed by atoms with Gasteiger partial charge in [0.05, 0.1) is 18.1 Å². The quantitative estimate of drug-likeness (QED) is 0.340. The molecule has 2 fully saturated rings. The monoisotopic (exact) mass is 514 g/mol. The molecule has 198 valence electrons. The summed E-state index contributed by atoms with van der Waals surface area (Å²) in [6, 6.07) is 12.8. The molecule has 10 heteroatoms. The van der Waals surface area contributed by atoms with E-state index in [2.05, 4.69) is 42.9 Å². The fourth-order valence-electron chi connectivity index (χ4n) is 5.78. The third-order valence-corrected chi connectivity index (χ3v) is 7.67. The highest BCUT2D eigenvalue weighted by molar-refractivity contribution is 5.93.